The molecule has 28 heavy (non-hydrogen) atoms. The second-order valence-corrected chi connectivity index (χ2v) is 6.72. The van der Waals surface area contributed by atoms with Gasteiger partial charge in [0.15, 0.2) is 6.61 Å². The second-order valence-electron chi connectivity index (χ2n) is 5.81. The van der Waals surface area contributed by atoms with E-state index in [1.165, 1.54) is 12.1 Å². The van der Waals surface area contributed by atoms with E-state index in [1.807, 2.05) is 24.3 Å². The number of pyridine rings is 1. The van der Waals surface area contributed by atoms with Crippen LogP contribution in [0.4, 0.5) is 19.0 Å². The van der Waals surface area contributed by atoms with Gasteiger partial charge in [-0.25, -0.2) is 9.67 Å². The quantitative estimate of drug-likeness (QED) is 0.614. The first-order chi connectivity index (χ1) is 13.2. The molecule has 0 atom stereocenters. The fourth-order valence-electron chi connectivity index (χ4n) is 2.34. The Morgan fingerprint density at radius 2 is 2.04 bits per heavy atom. The minimum atomic E-state index is -4.46. The standard InChI is InChI=1S/C18H14BrF3N4O2/c1-11-7-15(26(25-11)14-4-2-3-13(19)8-14)24-17(27)12-5-6-16(23-9-12)28-10-18(20,21)22/h2-9H,10H2,1H3,(H,24,27). The van der Waals surface area contributed by atoms with Gasteiger partial charge in [0.25, 0.3) is 5.91 Å². The normalized spacial score (nSPS) is 11.3. The number of aromatic nitrogens is 3. The molecule has 2 aromatic heterocycles. The van der Waals surface area contributed by atoms with Crippen molar-refractivity contribution in [2.24, 2.45) is 0 Å². The molecule has 146 valence electrons. The molecule has 0 aliphatic rings. The van der Waals surface area contributed by atoms with Crippen LogP contribution in [0.5, 0.6) is 5.88 Å². The van der Waals surface area contributed by atoms with Crippen molar-refractivity contribution in [3.8, 4) is 11.6 Å². The van der Waals surface area contributed by atoms with Gasteiger partial charge < -0.3 is 10.1 Å². The average molecular weight is 455 g/mol. The van der Waals surface area contributed by atoms with Crippen LogP contribution in [0, 0.1) is 6.92 Å². The molecule has 3 rings (SSSR count). The van der Waals surface area contributed by atoms with Crippen molar-refractivity contribution in [1.82, 2.24) is 14.8 Å². The van der Waals surface area contributed by atoms with E-state index in [0.717, 1.165) is 16.4 Å². The molecule has 0 saturated heterocycles. The molecule has 2 heterocycles. The van der Waals surface area contributed by atoms with Gasteiger partial charge in [0, 0.05) is 22.8 Å². The maximum Gasteiger partial charge on any atom is 0.422 e. The fourth-order valence-corrected chi connectivity index (χ4v) is 2.72. The number of anilines is 1. The number of carbonyl (C=O) groups is 1. The van der Waals surface area contributed by atoms with Gasteiger partial charge in [-0.2, -0.15) is 18.3 Å². The van der Waals surface area contributed by atoms with Gasteiger partial charge in [-0.15, -0.1) is 0 Å². The largest absolute Gasteiger partial charge is 0.468 e. The predicted octanol–water partition coefficient (Wildman–Crippen LogP) is 4.53. The summed E-state index contributed by atoms with van der Waals surface area (Å²) >= 11 is 3.39. The molecule has 0 spiro atoms. The number of alkyl halides is 3. The van der Waals surface area contributed by atoms with Gasteiger partial charge in [0.2, 0.25) is 5.88 Å². The lowest BCUT2D eigenvalue weighted by Crippen LogP contribution is -2.20. The van der Waals surface area contributed by atoms with Gasteiger partial charge in [-0.05, 0) is 31.2 Å². The lowest BCUT2D eigenvalue weighted by Gasteiger charge is -2.10. The Bertz CT molecular complexity index is 987. The number of carbonyl (C=O) groups excluding carboxylic acids is 1. The van der Waals surface area contributed by atoms with Crippen LogP contribution < -0.4 is 10.1 Å². The van der Waals surface area contributed by atoms with Crippen LogP contribution in [0.3, 0.4) is 0 Å². The number of hydrogen-bond acceptors (Lipinski definition) is 4. The zero-order valence-corrected chi connectivity index (χ0v) is 16.1. The summed E-state index contributed by atoms with van der Waals surface area (Å²) in [5, 5.41) is 7.10. The van der Waals surface area contributed by atoms with Crippen LogP contribution in [0.25, 0.3) is 5.69 Å². The van der Waals surface area contributed by atoms with E-state index in [1.54, 1.807) is 17.7 Å². The van der Waals surface area contributed by atoms with E-state index in [2.05, 4.69) is 36.1 Å². The summed E-state index contributed by atoms with van der Waals surface area (Å²) in [7, 11) is 0. The molecular weight excluding hydrogens is 441 g/mol. The van der Waals surface area contributed by atoms with Crippen molar-refractivity contribution in [2.45, 2.75) is 13.1 Å². The number of hydrogen-bond donors (Lipinski definition) is 1. The summed E-state index contributed by atoms with van der Waals surface area (Å²) < 4.78 is 43.5. The van der Waals surface area contributed by atoms with Crippen LogP contribution in [0.15, 0.2) is 53.1 Å². The second kappa shape index (κ2) is 8.01. The number of benzene rings is 1. The predicted molar refractivity (Wildman–Crippen MR) is 99.7 cm³/mol. The third-order valence-corrected chi connectivity index (χ3v) is 4.00. The molecule has 6 nitrogen and oxygen atoms in total. The lowest BCUT2D eigenvalue weighted by molar-refractivity contribution is -0.154. The summed E-state index contributed by atoms with van der Waals surface area (Å²) in [6.45, 7) is 0.342. The monoisotopic (exact) mass is 454 g/mol. The van der Waals surface area contributed by atoms with E-state index >= 15 is 0 Å². The first kappa shape index (κ1) is 19.9. The molecule has 1 amide bonds. The minimum Gasteiger partial charge on any atom is -0.468 e. The first-order valence-electron chi connectivity index (χ1n) is 8.01. The zero-order valence-electron chi connectivity index (χ0n) is 14.5. The Kier molecular flexibility index (Phi) is 5.68. The molecule has 0 fully saturated rings. The summed E-state index contributed by atoms with van der Waals surface area (Å²) in [5.41, 5.74) is 1.61. The zero-order chi connectivity index (χ0) is 20.3. The SMILES string of the molecule is Cc1cc(NC(=O)c2ccc(OCC(F)(F)F)nc2)n(-c2cccc(Br)c2)n1. The Morgan fingerprint density at radius 3 is 2.68 bits per heavy atom. The maximum atomic E-state index is 12.5. The molecule has 0 saturated carbocycles. The molecule has 0 bridgehead atoms. The number of nitrogens with zero attached hydrogens (tertiary/aromatic N) is 3. The van der Waals surface area contributed by atoms with Crippen molar-refractivity contribution in [3.05, 3.63) is 64.4 Å². The Balaban J connectivity index is 1.75. The average Bonchev–Trinajstić information content (AvgIpc) is 3.00. The van der Waals surface area contributed by atoms with Gasteiger partial charge in [-0.1, -0.05) is 22.0 Å². The highest BCUT2D eigenvalue weighted by molar-refractivity contribution is 9.10. The van der Waals surface area contributed by atoms with Crippen LogP contribution >= 0.6 is 15.9 Å². The number of nitrogens with one attached hydrogen (secondary N) is 1. The van der Waals surface area contributed by atoms with Crippen LogP contribution in [0.2, 0.25) is 0 Å². The van der Waals surface area contributed by atoms with E-state index in [0.29, 0.717) is 11.5 Å². The highest BCUT2D eigenvalue weighted by Crippen LogP contribution is 2.21. The summed E-state index contributed by atoms with van der Waals surface area (Å²) in [4.78, 5) is 16.2. The van der Waals surface area contributed by atoms with Gasteiger partial charge >= 0.3 is 6.18 Å². The third kappa shape index (κ3) is 5.10. The molecule has 10 heteroatoms. The van der Waals surface area contributed by atoms with Crippen LogP contribution in [-0.2, 0) is 0 Å². The van der Waals surface area contributed by atoms with Crippen LogP contribution in [-0.4, -0.2) is 33.5 Å². The van der Waals surface area contributed by atoms with Crippen LogP contribution in [0.1, 0.15) is 16.1 Å². The summed E-state index contributed by atoms with van der Waals surface area (Å²) in [6, 6.07) is 11.6. The number of rotatable bonds is 5. The van der Waals surface area contributed by atoms with E-state index in [-0.39, 0.29) is 11.4 Å². The van der Waals surface area contributed by atoms with Crippen molar-refractivity contribution >= 4 is 27.7 Å². The molecule has 1 N–H and O–H groups in total. The Labute approximate surface area is 166 Å². The van der Waals surface area contributed by atoms with Crippen molar-refractivity contribution in [3.63, 3.8) is 0 Å². The smallest absolute Gasteiger partial charge is 0.422 e. The minimum absolute atomic E-state index is 0.166. The molecule has 0 aliphatic heterocycles. The number of amides is 1. The van der Waals surface area contributed by atoms with E-state index < -0.39 is 18.7 Å². The highest BCUT2D eigenvalue weighted by atomic mass is 79.9. The van der Waals surface area contributed by atoms with Gasteiger partial charge in [0.05, 0.1) is 16.9 Å². The van der Waals surface area contributed by atoms with Crippen molar-refractivity contribution < 1.29 is 22.7 Å². The van der Waals surface area contributed by atoms with E-state index in [9.17, 15) is 18.0 Å². The number of aryl methyl sites for hydroxylation is 1. The summed E-state index contributed by atoms with van der Waals surface area (Å²) in [6.07, 6.45) is -3.31. The molecule has 1 aromatic carbocycles. The van der Waals surface area contributed by atoms with Gasteiger partial charge in [0.1, 0.15) is 5.82 Å². The number of halogens is 4. The first-order valence-corrected chi connectivity index (χ1v) is 8.80. The summed E-state index contributed by atoms with van der Waals surface area (Å²) in [5.74, 6) is -0.257. The van der Waals surface area contributed by atoms with E-state index in [4.69, 9.17) is 0 Å². The number of ether oxygens (including phenoxy) is 1. The van der Waals surface area contributed by atoms with Crippen molar-refractivity contribution in [2.75, 3.05) is 11.9 Å². The maximum absolute atomic E-state index is 12.5. The fraction of sp³-hybridized carbons (Fsp3) is 0.167. The highest BCUT2D eigenvalue weighted by Gasteiger charge is 2.28. The molecule has 0 aliphatic carbocycles. The molecule has 0 radical (unpaired) electrons. The van der Waals surface area contributed by atoms with Gasteiger partial charge in [-0.3, -0.25) is 4.79 Å². The molecule has 0 unspecified atom stereocenters. The van der Waals surface area contributed by atoms with Crippen molar-refractivity contribution in [1.29, 1.82) is 0 Å². The Hall–Kier alpha value is -2.88. The lowest BCUT2D eigenvalue weighted by atomic mass is 10.2. The molecule has 3 aromatic rings. The topological polar surface area (TPSA) is 69.0 Å². The molecular formula is C18H14BrF3N4O2. The third-order valence-electron chi connectivity index (χ3n) is 3.51. The Morgan fingerprint density at radius 1 is 1.25 bits per heavy atom.